The Bertz CT molecular complexity index is 560. The minimum atomic E-state index is -0.476. The van der Waals surface area contributed by atoms with Gasteiger partial charge < -0.3 is 4.52 Å². The number of hydrogen-bond donors (Lipinski definition) is 1. The van der Waals surface area contributed by atoms with Gasteiger partial charge in [0.25, 0.3) is 10.6 Å². The van der Waals surface area contributed by atoms with Crippen molar-refractivity contribution in [3.8, 4) is 10.6 Å². The van der Waals surface area contributed by atoms with E-state index >= 15 is 0 Å². The second kappa shape index (κ2) is 3.62. The first-order chi connectivity index (χ1) is 7.16. The van der Waals surface area contributed by atoms with E-state index in [-0.39, 0.29) is 10.6 Å². The van der Waals surface area contributed by atoms with Crippen molar-refractivity contribution in [2.24, 2.45) is 0 Å². The van der Waals surface area contributed by atoms with Crippen LogP contribution in [0.4, 0.5) is 5.69 Å². The van der Waals surface area contributed by atoms with Crippen LogP contribution in [0.25, 0.3) is 10.6 Å². The first kappa shape index (κ1) is 9.53. The molecule has 0 fully saturated rings. The fraction of sp³-hybridized carbons (Fsp3) is 0. The summed E-state index contributed by atoms with van der Waals surface area (Å²) in [7, 11) is 0. The molecule has 1 aromatic heterocycles. The lowest BCUT2D eigenvalue weighted by Crippen LogP contribution is -1.87. The first-order valence-corrected chi connectivity index (χ1v) is 4.75. The minimum Gasteiger partial charge on any atom is -0.324 e. The van der Waals surface area contributed by atoms with Gasteiger partial charge in [0.05, 0.1) is 4.92 Å². The van der Waals surface area contributed by atoms with E-state index in [2.05, 4.69) is 9.68 Å². The fourth-order valence-electron chi connectivity index (χ4n) is 1.07. The highest BCUT2D eigenvalue weighted by Crippen LogP contribution is 2.23. The molecule has 1 heterocycles. The monoisotopic (exact) mass is 223 g/mol. The third-order valence-electron chi connectivity index (χ3n) is 1.70. The summed E-state index contributed by atoms with van der Waals surface area (Å²) in [6.07, 6.45) is 0. The maximum absolute atomic E-state index is 10.5. The summed E-state index contributed by atoms with van der Waals surface area (Å²) >= 11 is 1.03. The average Bonchev–Trinajstić information content (AvgIpc) is 2.65. The zero-order valence-corrected chi connectivity index (χ0v) is 8.15. The number of non-ortho nitro benzene ring substituents is 1. The molecule has 0 aliphatic carbocycles. The van der Waals surface area contributed by atoms with Crippen LogP contribution in [0, 0.1) is 15.5 Å². The van der Waals surface area contributed by atoms with E-state index < -0.39 is 4.92 Å². The van der Waals surface area contributed by atoms with Crippen LogP contribution in [-0.4, -0.2) is 10.1 Å². The number of nitrogens with zero attached hydrogens (tertiary/aromatic N) is 2. The highest BCUT2D eigenvalue weighted by atomic mass is 32.1. The van der Waals surface area contributed by atoms with Gasteiger partial charge in [-0.25, -0.2) is 0 Å². The Morgan fingerprint density at radius 2 is 2.33 bits per heavy atom. The summed E-state index contributed by atoms with van der Waals surface area (Å²) < 4.78 is 4.58. The SMILES string of the molecule is N=c1onc(-c2cccc([N+](=O)[O-])c2)s1. The lowest BCUT2D eigenvalue weighted by atomic mass is 10.2. The molecule has 76 valence electrons. The normalized spacial score (nSPS) is 10.1. The van der Waals surface area contributed by atoms with Crippen molar-refractivity contribution in [2.45, 2.75) is 0 Å². The van der Waals surface area contributed by atoms with E-state index in [0.29, 0.717) is 10.6 Å². The van der Waals surface area contributed by atoms with Crippen LogP contribution in [-0.2, 0) is 0 Å². The Labute approximate surface area is 87.4 Å². The van der Waals surface area contributed by atoms with Gasteiger partial charge in [0.2, 0.25) is 0 Å². The zero-order valence-electron chi connectivity index (χ0n) is 7.34. The molecule has 7 heteroatoms. The molecule has 6 nitrogen and oxygen atoms in total. The highest BCUT2D eigenvalue weighted by molar-refractivity contribution is 7.12. The van der Waals surface area contributed by atoms with Crippen LogP contribution < -0.4 is 4.87 Å². The van der Waals surface area contributed by atoms with Crippen LogP contribution in [0.1, 0.15) is 0 Å². The Morgan fingerprint density at radius 3 is 2.93 bits per heavy atom. The molecule has 0 atom stereocenters. The molecule has 1 aromatic carbocycles. The number of nitrogens with one attached hydrogen (secondary N) is 1. The highest BCUT2D eigenvalue weighted by Gasteiger charge is 2.09. The summed E-state index contributed by atoms with van der Waals surface area (Å²) in [6.45, 7) is 0. The van der Waals surface area contributed by atoms with Gasteiger partial charge in [-0.05, 0) is 0 Å². The minimum absolute atomic E-state index is 0.00534. The molecule has 0 aliphatic rings. The third kappa shape index (κ3) is 1.91. The molecular weight excluding hydrogens is 218 g/mol. The molecule has 1 N–H and O–H groups in total. The Balaban J connectivity index is 2.49. The van der Waals surface area contributed by atoms with E-state index in [9.17, 15) is 10.1 Å². The molecule has 2 rings (SSSR count). The van der Waals surface area contributed by atoms with Crippen molar-refractivity contribution in [3.63, 3.8) is 0 Å². The number of nitro groups is 1. The van der Waals surface area contributed by atoms with Crippen LogP contribution in [0.2, 0.25) is 0 Å². The third-order valence-corrected chi connectivity index (χ3v) is 2.47. The predicted molar refractivity (Wildman–Crippen MR) is 52.3 cm³/mol. The van der Waals surface area contributed by atoms with Crippen LogP contribution in [0.5, 0.6) is 0 Å². The number of aromatic nitrogens is 1. The summed E-state index contributed by atoms with van der Waals surface area (Å²) in [5, 5.41) is 21.8. The van der Waals surface area contributed by atoms with Crippen LogP contribution in [0.3, 0.4) is 0 Å². The lowest BCUT2D eigenvalue weighted by Gasteiger charge is -1.93. The van der Waals surface area contributed by atoms with E-state index in [4.69, 9.17) is 5.41 Å². The maximum atomic E-state index is 10.5. The topological polar surface area (TPSA) is 93.0 Å². The molecular formula is C8H5N3O3S. The molecule has 0 unspecified atom stereocenters. The summed E-state index contributed by atoms with van der Waals surface area (Å²) in [6, 6.07) is 6.04. The molecule has 0 radical (unpaired) electrons. The maximum Gasteiger partial charge on any atom is 0.300 e. The van der Waals surface area contributed by atoms with Crippen molar-refractivity contribution >= 4 is 17.0 Å². The molecule has 0 amide bonds. The molecule has 0 aliphatic heterocycles. The number of hydrogen-bond acceptors (Lipinski definition) is 6. The fourth-order valence-corrected chi connectivity index (χ4v) is 1.64. The van der Waals surface area contributed by atoms with Crippen LogP contribution >= 0.6 is 11.3 Å². The lowest BCUT2D eigenvalue weighted by molar-refractivity contribution is -0.384. The van der Waals surface area contributed by atoms with Gasteiger partial charge in [0.1, 0.15) is 0 Å². The second-order valence-corrected chi connectivity index (χ2v) is 3.65. The van der Waals surface area contributed by atoms with Crippen molar-refractivity contribution in [2.75, 3.05) is 0 Å². The Hall–Kier alpha value is -2.02. The van der Waals surface area contributed by atoms with Crippen LogP contribution in [0.15, 0.2) is 28.8 Å². The average molecular weight is 223 g/mol. The van der Waals surface area contributed by atoms with E-state index in [1.165, 1.54) is 12.1 Å². The molecule has 0 saturated heterocycles. The predicted octanol–water partition coefficient (Wildman–Crippen LogP) is 1.79. The smallest absolute Gasteiger partial charge is 0.300 e. The van der Waals surface area contributed by atoms with Gasteiger partial charge in [0.15, 0.2) is 5.01 Å². The summed E-state index contributed by atoms with van der Waals surface area (Å²) in [5.41, 5.74) is 0.575. The van der Waals surface area contributed by atoms with Crippen molar-refractivity contribution in [3.05, 3.63) is 39.2 Å². The number of rotatable bonds is 2. The standard InChI is InChI=1S/C8H5N3O3S/c9-8-14-10-7(15-8)5-2-1-3-6(4-5)11(12)13/h1-4,9H. The number of benzene rings is 1. The molecule has 2 aromatic rings. The molecule has 0 bridgehead atoms. The molecule has 0 spiro atoms. The van der Waals surface area contributed by atoms with E-state index in [0.717, 1.165) is 11.3 Å². The van der Waals surface area contributed by atoms with Gasteiger partial charge in [-0.15, -0.1) is 0 Å². The van der Waals surface area contributed by atoms with Crippen molar-refractivity contribution in [1.82, 2.24) is 5.16 Å². The summed E-state index contributed by atoms with van der Waals surface area (Å²) in [4.78, 5) is 10.0. The quantitative estimate of drug-likeness (QED) is 0.620. The van der Waals surface area contributed by atoms with E-state index in [1.807, 2.05) is 0 Å². The Kier molecular flexibility index (Phi) is 2.30. The second-order valence-electron chi connectivity index (χ2n) is 2.68. The van der Waals surface area contributed by atoms with Gasteiger partial charge in [-0.1, -0.05) is 28.6 Å². The zero-order chi connectivity index (χ0) is 10.8. The van der Waals surface area contributed by atoms with Gasteiger partial charge in [-0.3, -0.25) is 15.5 Å². The largest absolute Gasteiger partial charge is 0.324 e. The van der Waals surface area contributed by atoms with Crippen molar-refractivity contribution < 1.29 is 9.45 Å². The first-order valence-electron chi connectivity index (χ1n) is 3.93. The molecule has 15 heavy (non-hydrogen) atoms. The number of nitro benzene ring substituents is 1. The Morgan fingerprint density at radius 1 is 1.53 bits per heavy atom. The van der Waals surface area contributed by atoms with Gasteiger partial charge in [-0.2, -0.15) is 0 Å². The van der Waals surface area contributed by atoms with Crippen molar-refractivity contribution in [1.29, 1.82) is 5.41 Å². The summed E-state index contributed by atoms with van der Waals surface area (Å²) in [5.74, 6) is 0. The van der Waals surface area contributed by atoms with Gasteiger partial charge in [0, 0.05) is 17.7 Å². The molecule has 0 saturated carbocycles. The van der Waals surface area contributed by atoms with Gasteiger partial charge >= 0.3 is 0 Å². The van der Waals surface area contributed by atoms with E-state index in [1.54, 1.807) is 12.1 Å².